The number of piperidine rings is 1. The molecule has 1 fully saturated rings. The molecule has 0 spiro atoms. The number of unbranched alkanes of at least 4 members (excludes halogenated alkanes) is 2. The van der Waals surface area contributed by atoms with Gasteiger partial charge in [-0.3, -0.25) is 24.1 Å². The molecule has 0 saturated carbocycles. The summed E-state index contributed by atoms with van der Waals surface area (Å²) in [4.78, 5) is 52.4. The second kappa shape index (κ2) is 9.67. The molecule has 3 rings (SSSR count). The van der Waals surface area contributed by atoms with Crippen molar-refractivity contribution >= 4 is 23.6 Å². The van der Waals surface area contributed by atoms with Crippen LogP contribution in [-0.4, -0.2) is 59.6 Å². The average Bonchev–Trinajstić information content (AvgIpc) is 2.99. The summed E-state index contributed by atoms with van der Waals surface area (Å²) in [5.74, 6) is -0.715. The van der Waals surface area contributed by atoms with E-state index in [0.29, 0.717) is 43.6 Å². The van der Waals surface area contributed by atoms with E-state index < -0.39 is 0 Å². The molecule has 0 bridgehead atoms. The fraction of sp³-hybridized carbons (Fsp3) is 0.545. The summed E-state index contributed by atoms with van der Waals surface area (Å²) in [6.45, 7) is 4.00. The van der Waals surface area contributed by atoms with Gasteiger partial charge in [-0.05, 0) is 31.4 Å². The normalized spacial score (nSPS) is 16.9. The smallest absolute Gasteiger partial charge is 0.261 e. The van der Waals surface area contributed by atoms with Gasteiger partial charge in [-0.2, -0.15) is 0 Å². The van der Waals surface area contributed by atoms with Gasteiger partial charge in [0.2, 0.25) is 11.8 Å². The molecule has 0 unspecified atom stereocenters. The highest BCUT2D eigenvalue weighted by Crippen LogP contribution is 2.23. The number of amides is 4. The van der Waals surface area contributed by atoms with Crippen molar-refractivity contribution in [1.29, 1.82) is 0 Å². The molecule has 1 N–H and O–H groups in total. The molecule has 156 valence electrons. The number of benzene rings is 1. The molecule has 7 heteroatoms. The van der Waals surface area contributed by atoms with Gasteiger partial charge >= 0.3 is 0 Å². The van der Waals surface area contributed by atoms with Crippen LogP contribution in [0, 0.1) is 5.92 Å². The highest BCUT2D eigenvalue weighted by molar-refractivity contribution is 6.21. The Bertz CT molecular complexity index is 749. The van der Waals surface area contributed by atoms with Crippen LogP contribution in [0.2, 0.25) is 0 Å². The first kappa shape index (κ1) is 21.0. The summed E-state index contributed by atoms with van der Waals surface area (Å²) >= 11 is 0. The highest BCUT2D eigenvalue weighted by Gasteiger charge is 2.35. The van der Waals surface area contributed by atoms with Gasteiger partial charge in [-0.1, -0.05) is 31.9 Å². The van der Waals surface area contributed by atoms with Crippen LogP contribution in [0.3, 0.4) is 0 Å². The molecule has 0 aliphatic carbocycles. The molecule has 0 radical (unpaired) electrons. The lowest BCUT2D eigenvalue weighted by molar-refractivity contribution is -0.135. The molecule has 4 amide bonds. The molecule has 1 aromatic carbocycles. The topological polar surface area (TPSA) is 86.8 Å². The summed E-state index contributed by atoms with van der Waals surface area (Å²) in [6.07, 6.45) is 4.64. The third-order valence-electron chi connectivity index (χ3n) is 5.73. The predicted molar refractivity (Wildman–Crippen MR) is 108 cm³/mol. The molecular weight excluding hydrogens is 370 g/mol. The molecule has 29 heavy (non-hydrogen) atoms. The maximum absolute atomic E-state index is 12.5. The Hall–Kier alpha value is -2.70. The van der Waals surface area contributed by atoms with E-state index in [9.17, 15) is 19.2 Å². The maximum Gasteiger partial charge on any atom is 0.261 e. The number of hydrogen-bond acceptors (Lipinski definition) is 4. The maximum atomic E-state index is 12.5. The summed E-state index contributed by atoms with van der Waals surface area (Å²) in [6, 6.07) is 6.72. The number of hydrogen-bond donors (Lipinski definition) is 1. The summed E-state index contributed by atoms with van der Waals surface area (Å²) in [5, 5.41) is 2.99. The van der Waals surface area contributed by atoms with Crippen LogP contribution in [0.5, 0.6) is 0 Å². The minimum Gasteiger partial charge on any atom is -0.356 e. The van der Waals surface area contributed by atoms with E-state index in [0.717, 1.165) is 24.2 Å². The fourth-order valence-electron chi connectivity index (χ4n) is 3.93. The van der Waals surface area contributed by atoms with Crippen LogP contribution in [0.15, 0.2) is 24.3 Å². The Morgan fingerprint density at radius 2 is 1.66 bits per heavy atom. The van der Waals surface area contributed by atoms with Crippen LogP contribution in [-0.2, 0) is 9.59 Å². The number of carbonyl (C=O) groups excluding carboxylic acids is 4. The summed E-state index contributed by atoms with van der Waals surface area (Å²) < 4.78 is 0. The Morgan fingerprint density at radius 1 is 1.03 bits per heavy atom. The standard InChI is InChI=1S/C22H29N3O4/c1-2-3-6-12-23-20(27)16-9-13-24(14-10-16)19(26)11-15-25-21(28)17-7-4-5-8-18(17)22(25)29/h4-5,7-8,16H,2-3,6,9-15H2,1H3,(H,23,27). The minimum atomic E-state index is -0.336. The monoisotopic (exact) mass is 399 g/mol. The quantitative estimate of drug-likeness (QED) is 0.536. The van der Waals surface area contributed by atoms with E-state index in [1.807, 2.05) is 0 Å². The van der Waals surface area contributed by atoms with E-state index in [1.165, 1.54) is 0 Å². The third kappa shape index (κ3) is 4.83. The van der Waals surface area contributed by atoms with Crippen LogP contribution in [0.4, 0.5) is 0 Å². The van der Waals surface area contributed by atoms with Crippen LogP contribution in [0.25, 0.3) is 0 Å². The summed E-state index contributed by atoms with van der Waals surface area (Å²) in [7, 11) is 0. The molecular formula is C22H29N3O4. The zero-order valence-electron chi connectivity index (χ0n) is 17.0. The first-order chi connectivity index (χ1) is 14.0. The summed E-state index contributed by atoms with van der Waals surface area (Å²) in [5.41, 5.74) is 0.798. The largest absolute Gasteiger partial charge is 0.356 e. The molecule has 2 heterocycles. The molecule has 2 aliphatic rings. The van der Waals surface area contributed by atoms with Gasteiger partial charge in [0.25, 0.3) is 11.8 Å². The van der Waals surface area contributed by atoms with Gasteiger partial charge in [0.15, 0.2) is 0 Å². The zero-order valence-corrected chi connectivity index (χ0v) is 17.0. The lowest BCUT2D eigenvalue weighted by Gasteiger charge is -2.31. The Balaban J connectivity index is 1.42. The van der Waals surface area contributed by atoms with E-state index >= 15 is 0 Å². The first-order valence-electron chi connectivity index (χ1n) is 10.5. The van der Waals surface area contributed by atoms with E-state index in [1.54, 1.807) is 29.2 Å². The van der Waals surface area contributed by atoms with Crippen molar-refractivity contribution in [2.75, 3.05) is 26.2 Å². The number of rotatable bonds is 8. The van der Waals surface area contributed by atoms with Crippen molar-refractivity contribution in [3.8, 4) is 0 Å². The lowest BCUT2D eigenvalue weighted by atomic mass is 9.95. The van der Waals surface area contributed by atoms with Crippen molar-refractivity contribution in [1.82, 2.24) is 15.1 Å². The van der Waals surface area contributed by atoms with Crippen molar-refractivity contribution in [2.45, 2.75) is 45.4 Å². The van der Waals surface area contributed by atoms with Gasteiger partial charge in [0.1, 0.15) is 0 Å². The zero-order chi connectivity index (χ0) is 20.8. The van der Waals surface area contributed by atoms with Crippen molar-refractivity contribution in [2.24, 2.45) is 5.92 Å². The molecule has 1 aromatic rings. The number of fused-ring (bicyclic) bond motifs is 1. The van der Waals surface area contributed by atoms with E-state index in [4.69, 9.17) is 0 Å². The van der Waals surface area contributed by atoms with Crippen LogP contribution < -0.4 is 5.32 Å². The number of carbonyl (C=O) groups is 4. The number of nitrogens with zero attached hydrogens (tertiary/aromatic N) is 2. The molecule has 2 aliphatic heterocycles. The molecule has 7 nitrogen and oxygen atoms in total. The van der Waals surface area contributed by atoms with Crippen molar-refractivity contribution in [3.05, 3.63) is 35.4 Å². The van der Waals surface area contributed by atoms with Gasteiger partial charge in [-0.15, -0.1) is 0 Å². The first-order valence-corrected chi connectivity index (χ1v) is 10.5. The molecule has 1 saturated heterocycles. The number of nitrogens with one attached hydrogen (secondary N) is 1. The molecule has 0 atom stereocenters. The average molecular weight is 399 g/mol. The van der Waals surface area contributed by atoms with Gasteiger partial charge in [0, 0.05) is 38.5 Å². The van der Waals surface area contributed by atoms with Crippen LogP contribution in [0.1, 0.15) is 66.2 Å². The lowest BCUT2D eigenvalue weighted by Crippen LogP contribution is -2.44. The predicted octanol–water partition coefficient (Wildman–Crippen LogP) is 2.22. The van der Waals surface area contributed by atoms with Gasteiger partial charge in [0.05, 0.1) is 11.1 Å². The minimum absolute atomic E-state index is 0.0445. The second-order valence-electron chi connectivity index (χ2n) is 7.71. The Kier molecular flexibility index (Phi) is 7.01. The third-order valence-corrected chi connectivity index (χ3v) is 5.73. The highest BCUT2D eigenvalue weighted by atomic mass is 16.2. The van der Waals surface area contributed by atoms with Crippen LogP contribution >= 0.6 is 0 Å². The van der Waals surface area contributed by atoms with Crippen molar-refractivity contribution in [3.63, 3.8) is 0 Å². The Labute approximate surface area is 171 Å². The van der Waals surface area contributed by atoms with Gasteiger partial charge in [-0.25, -0.2) is 0 Å². The SMILES string of the molecule is CCCCCNC(=O)C1CCN(C(=O)CCN2C(=O)c3ccccc3C2=O)CC1. The Morgan fingerprint density at radius 3 is 2.24 bits per heavy atom. The van der Waals surface area contributed by atoms with Crippen molar-refractivity contribution < 1.29 is 19.2 Å². The molecule has 0 aromatic heterocycles. The second-order valence-corrected chi connectivity index (χ2v) is 7.71. The number of imide groups is 1. The van der Waals surface area contributed by atoms with E-state index in [2.05, 4.69) is 12.2 Å². The van der Waals surface area contributed by atoms with Gasteiger partial charge < -0.3 is 10.2 Å². The fourth-order valence-corrected chi connectivity index (χ4v) is 3.93. The van der Waals surface area contributed by atoms with E-state index in [-0.39, 0.29) is 42.5 Å². The number of likely N-dealkylation sites (tertiary alicyclic amines) is 1.